The summed E-state index contributed by atoms with van der Waals surface area (Å²) in [6.45, 7) is 3.44. The first kappa shape index (κ1) is 16.3. The van der Waals surface area contributed by atoms with Crippen molar-refractivity contribution in [3.05, 3.63) is 39.7 Å². The van der Waals surface area contributed by atoms with Crippen LogP contribution in [0.5, 0.6) is 0 Å². The number of nitrogens with zero attached hydrogens (tertiary/aromatic N) is 2. The fourth-order valence-corrected chi connectivity index (χ4v) is 2.13. The number of hydrogen-bond acceptors (Lipinski definition) is 4. The molecule has 0 aromatic heterocycles. The number of halogens is 2. The van der Waals surface area contributed by atoms with Gasteiger partial charge in [-0.15, -0.1) is 12.4 Å². The zero-order valence-electron chi connectivity index (χ0n) is 10.8. The Hall–Kier alpha value is -1.73. The Morgan fingerprint density at radius 3 is 2.85 bits per heavy atom. The van der Waals surface area contributed by atoms with E-state index in [4.69, 9.17) is 0 Å². The summed E-state index contributed by atoms with van der Waals surface area (Å²) >= 11 is 0. The highest BCUT2D eigenvalue weighted by Gasteiger charge is 2.27. The predicted molar refractivity (Wildman–Crippen MR) is 73.7 cm³/mol. The Morgan fingerprint density at radius 1 is 1.55 bits per heavy atom. The summed E-state index contributed by atoms with van der Waals surface area (Å²) in [7, 11) is 0. The Labute approximate surface area is 121 Å². The van der Waals surface area contributed by atoms with Crippen LogP contribution in [0.2, 0.25) is 0 Å². The third kappa shape index (κ3) is 3.43. The van der Waals surface area contributed by atoms with Crippen molar-refractivity contribution in [2.24, 2.45) is 0 Å². The van der Waals surface area contributed by atoms with Crippen LogP contribution in [0, 0.1) is 15.9 Å². The number of hydrogen-bond donors (Lipinski definition) is 1. The minimum absolute atomic E-state index is 0. The maximum atomic E-state index is 13.2. The minimum atomic E-state index is -0.668. The molecular weight excluding hydrogens is 289 g/mol. The minimum Gasteiger partial charge on any atom is -0.336 e. The summed E-state index contributed by atoms with van der Waals surface area (Å²) in [4.78, 5) is 24.0. The number of nitro benzene ring substituents is 1. The molecule has 20 heavy (non-hydrogen) atoms. The number of nitrogens with one attached hydrogen (secondary N) is 1. The van der Waals surface area contributed by atoms with Gasteiger partial charge >= 0.3 is 0 Å². The number of rotatable bonds is 2. The topological polar surface area (TPSA) is 75.5 Å². The molecule has 1 fully saturated rings. The highest BCUT2D eigenvalue weighted by molar-refractivity contribution is 5.98. The van der Waals surface area contributed by atoms with Crippen molar-refractivity contribution in [3.63, 3.8) is 0 Å². The van der Waals surface area contributed by atoms with Gasteiger partial charge in [-0.25, -0.2) is 4.39 Å². The molecule has 0 unspecified atom stereocenters. The van der Waals surface area contributed by atoms with Gasteiger partial charge in [-0.2, -0.15) is 0 Å². The molecule has 0 bridgehead atoms. The van der Waals surface area contributed by atoms with Crippen molar-refractivity contribution in [2.45, 2.75) is 13.0 Å². The highest BCUT2D eigenvalue weighted by Crippen LogP contribution is 2.21. The second-order valence-electron chi connectivity index (χ2n) is 4.52. The smallest absolute Gasteiger partial charge is 0.282 e. The lowest BCUT2D eigenvalue weighted by Gasteiger charge is -2.31. The van der Waals surface area contributed by atoms with Crippen molar-refractivity contribution in [1.29, 1.82) is 0 Å². The first-order valence-corrected chi connectivity index (χ1v) is 5.95. The fraction of sp³-hybridized carbons (Fsp3) is 0.417. The number of amides is 1. The summed E-state index contributed by atoms with van der Waals surface area (Å²) < 4.78 is 13.2. The lowest BCUT2D eigenvalue weighted by Crippen LogP contribution is -2.51. The van der Waals surface area contributed by atoms with Gasteiger partial charge in [0.05, 0.1) is 4.92 Å². The molecule has 8 heteroatoms. The molecule has 1 aromatic carbocycles. The molecule has 1 N–H and O–H groups in total. The van der Waals surface area contributed by atoms with E-state index in [9.17, 15) is 19.3 Å². The van der Waals surface area contributed by atoms with E-state index in [0.717, 1.165) is 18.2 Å². The summed E-state index contributed by atoms with van der Waals surface area (Å²) in [6.07, 6.45) is 0. The molecule has 1 atom stereocenters. The zero-order valence-corrected chi connectivity index (χ0v) is 11.7. The van der Waals surface area contributed by atoms with E-state index in [2.05, 4.69) is 5.32 Å². The first-order valence-electron chi connectivity index (χ1n) is 5.95. The lowest BCUT2D eigenvalue weighted by atomic mass is 10.1. The Morgan fingerprint density at radius 2 is 2.25 bits per heavy atom. The van der Waals surface area contributed by atoms with E-state index in [1.54, 1.807) is 0 Å². The Bertz CT molecular complexity index is 527. The number of benzene rings is 1. The molecule has 0 spiro atoms. The highest BCUT2D eigenvalue weighted by atomic mass is 35.5. The van der Waals surface area contributed by atoms with E-state index in [1.165, 1.54) is 4.90 Å². The molecule has 0 radical (unpaired) electrons. The number of piperazine rings is 1. The second kappa shape index (κ2) is 6.62. The maximum Gasteiger partial charge on any atom is 0.282 e. The van der Waals surface area contributed by atoms with Crippen molar-refractivity contribution in [2.75, 3.05) is 19.6 Å². The normalized spacial score (nSPS) is 18.3. The van der Waals surface area contributed by atoms with Crippen LogP contribution in [0.4, 0.5) is 10.1 Å². The third-order valence-corrected chi connectivity index (χ3v) is 3.04. The third-order valence-electron chi connectivity index (χ3n) is 3.04. The largest absolute Gasteiger partial charge is 0.336 e. The molecule has 0 saturated carbocycles. The van der Waals surface area contributed by atoms with Gasteiger partial charge in [0.2, 0.25) is 0 Å². The molecule has 1 aliphatic heterocycles. The number of nitro groups is 1. The van der Waals surface area contributed by atoms with Crippen LogP contribution in [0.3, 0.4) is 0 Å². The summed E-state index contributed by atoms with van der Waals surface area (Å²) in [6, 6.07) is 3.04. The summed E-state index contributed by atoms with van der Waals surface area (Å²) in [5.74, 6) is -1.16. The van der Waals surface area contributed by atoms with Crippen LogP contribution in [-0.2, 0) is 0 Å². The monoisotopic (exact) mass is 303 g/mol. The summed E-state index contributed by atoms with van der Waals surface area (Å²) in [5.41, 5.74) is -0.559. The average Bonchev–Trinajstić information content (AvgIpc) is 2.37. The van der Waals surface area contributed by atoms with E-state index in [1.807, 2.05) is 6.92 Å². The van der Waals surface area contributed by atoms with E-state index in [0.29, 0.717) is 19.6 Å². The molecule has 110 valence electrons. The van der Waals surface area contributed by atoms with Gasteiger partial charge in [0.25, 0.3) is 11.6 Å². The SMILES string of the molecule is C[C@@H]1CN(C(=O)c2cc(F)ccc2[N+](=O)[O-])CCN1.Cl. The molecule has 1 amide bonds. The van der Waals surface area contributed by atoms with Crippen LogP contribution in [-0.4, -0.2) is 41.4 Å². The van der Waals surface area contributed by atoms with Gasteiger partial charge < -0.3 is 10.2 Å². The zero-order chi connectivity index (χ0) is 14.0. The molecule has 1 aliphatic rings. The van der Waals surface area contributed by atoms with Crippen LogP contribution >= 0.6 is 12.4 Å². The van der Waals surface area contributed by atoms with Gasteiger partial charge in [0.15, 0.2) is 0 Å². The van der Waals surface area contributed by atoms with E-state index < -0.39 is 16.6 Å². The van der Waals surface area contributed by atoms with Crippen LogP contribution in [0.25, 0.3) is 0 Å². The Balaban J connectivity index is 0.00000200. The van der Waals surface area contributed by atoms with Gasteiger partial charge in [0, 0.05) is 31.7 Å². The predicted octanol–water partition coefficient (Wildman–Crippen LogP) is 1.59. The van der Waals surface area contributed by atoms with Crippen molar-refractivity contribution >= 4 is 24.0 Å². The second-order valence-corrected chi connectivity index (χ2v) is 4.52. The molecule has 2 rings (SSSR count). The molecule has 1 heterocycles. The first-order chi connectivity index (χ1) is 8.99. The number of carbonyl (C=O) groups excluding carboxylic acids is 1. The number of carbonyl (C=O) groups is 1. The molecule has 6 nitrogen and oxygen atoms in total. The van der Waals surface area contributed by atoms with Crippen molar-refractivity contribution < 1.29 is 14.1 Å². The van der Waals surface area contributed by atoms with Crippen LogP contribution in [0.15, 0.2) is 18.2 Å². The maximum absolute atomic E-state index is 13.2. The van der Waals surface area contributed by atoms with Crippen LogP contribution < -0.4 is 5.32 Å². The molecule has 0 aliphatic carbocycles. The van der Waals surface area contributed by atoms with E-state index in [-0.39, 0.29) is 29.7 Å². The van der Waals surface area contributed by atoms with Gasteiger partial charge in [-0.1, -0.05) is 0 Å². The molecular formula is C12H15ClFN3O3. The Kier molecular flexibility index (Phi) is 5.41. The van der Waals surface area contributed by atoms with E-state index >= 15 is 0 Å². The van der Waals surface area contributed by atoms with Gasteiger partial charge in [0.1, 0.15) is 11.4 Å². The van der Waals surface area contributed by atoms with Crippen molar-refractivity contribution in [3.8, 4) is 0 Å². The standard InChI is InChI=1S/C12H14FN3O3.ClH/c1-8-7-15(5-4-14-8)12(17)10-6-9(13)2-3-11(10)16(18)19;/h2-3,6,8,14H,4-5,7H2,1H3;1H/t8-;/m1./s1. The van der Waals surface area contributed by atoms with Crippen LogP contribution in [0.1, 0.15) is 17.3 Å². The fourth-order valence-electron chi connectivity index (χ4n) is 2.13. The van der Waals surface area contributed by atoms with Gasteiger partial charge in [-0.05, 0) is 19.1 Å². The molecule has 1 aromatic rings. The van der Waals surface area contributed by atoms with Crippen molar-refractivity contribution in [1.82, 2.24) is 10.2 Å². The average molecular weight is 304 g/mol. The van der Waals surface area contributed by atoms with Gasteiger partial charge in [-0.3, -0.25) is 14.9 Å². The summed E-state index contributed by atoms with van der Waals surface area (Å²) in [5, 5.41) is 14.0. The quantitative estimate of drug-likeness (QED) is 0.665. The lowest BCUT2D eigenvalue weighted by molar-refractivity contribution is -0.385. The molecule has 1 saturated heterocycles.